The Bertz CT molecular complexity index is 1170. The summed E-state index contributed by atoms with van der Waals surface area (Å²) < 4.78 is 11.6. The van der Waals surface area contributed by atoms with E-state index in [0.717, 1.165) is 42.9 Å². The van der Waals surface area contributed by atoms with Gasteiger partial charge in [-0.3, -0.25) is 4.79 Å². The SMILES string of the molecule is CCOc1cc(C(=S)N2CCC(Cc3ccccc3)CC2)cc(Cl)c1OCC(=O)Nc1ccccc1. The molecule has 0 saturated carbocycles. The predicted octanol–water partition coefficient (Wildman–Crippen LogP) is 6.39. The van der Waals surface area contributed by atoms with Crippen LogP contribution in [0.5, 0.6) is 11.5 Å². The molecule has 3 aromatic rings. The van der Waals surface area contributed by atoms with Crippen LogP contribution in [0.2, 0.25) is 5.02 Å². The molecule has 1 fully saturated rings. The van der Waals surface area contributed by atoms with E-state index < -0.39 is 0 Å². The van der Waals surface area contributed by atoms with Gasteiger partial charge in [-0.2, -0.15) is 0 Å². The lowest BCUT2D eigenvalue weighted by Gasteiger charge is -2.34. The smallest absolute Gasteiger partial charge is 0.262 e. The van der Waals surface area contributed by atoms with Crippen LogP contribution in [-0.2, 0) is 11.2 Å². The van der Waals surface area contributed by atoms with Crippen LogP contribution in [0.4, 0.5) is 5.69 Å². The molecule has 0 bridgehead atoms. The summed E-state index contributed by atoms with van der Waals surface area (Å²) in [5, 5.41) is 3.16. The minimum atomic E-state index is -0.280. The first kappa shape index (κ1) is 26.0. The highest BCUT2D eigenvalue weighted by molar-refractivity contribution is 7.80. The molecule has 1 N–H and O–H groups in total. The summed E-state index contributed by atoms with van der Waals surface area (Å²) in [4.78, 5) is 15.3. The Morgan fingerprint density at radius 2 is 1.69 bits per heavy atom. The number of hydrogen-bond donors (Lipinski definition) is 1. The lowest BCUT2D eigenvalue weighted by molar-refractivity contribution is -0.118. The van der Waals surface area contributed by atoms with Crippen LogP contribution in [-0.4, -0.2) is 42.1 Å². The van der Waals surface area contributed by atoms with Crippen LogP contribution >= 0.6 is 23.8 Å². The molecule has 0 spiro atoms. The Balaban J connectivity index is 1.38. The molecule has 1 aliphatic heterocycles. The summed E-state index contributed by atoms with van der Waals surface area (Å²) >= 11 is 12.4. The molecule has 0 radical (unpaired) electrons. The van der Waals surface area contributed by atoms with Crippen LogP contribution < -0.4 is 14.8 Å². The number of benzene rings is 3. The van der Waals surface area contributed by atoms with E-state index in [1.807, 2.05) is 43.3 Å². The fourth-order valence-electron chi connectivity index (χ4n) is 4.42. The predicted molar refractivity (Wildman–Crippen MR) is 149 cm³/mol. The van der Waals surface area contributed by atoms with E-state index in [4.69, 9.17) is 33.3 Å². The second-order valence-electron chi connectivity index (χ2n) is 8.85. The number of thiocarbonyl (C=S) groups is 1. The van der Waals surface area contributed by atoms with Crippen molar-refractivity contribution in [2.45, 2.75) is 26.2 Å². The number of carbonyl (C=O) groups excluding carboxylic acids is 1. The number of piperidine rings is 1. The van der Waals surface area contributed by atoms with Crippen molar-refractivity contribution in [3.8, 4) is 11.5 Å². The van der Waals surface area contributed by atoms with E-state index in [1.165, 1.54) is 5.56 Å². The molecule has 3 aromatic carbocycles. The number of amides is 1. The maximum absolute atomic E-state index is 12.3. The zero-order chi connectivity index (χ0) is 25.3. The van der Waals surface area contributed by atoms with Gasteiger partial charge in [0.2, 0.25) is 0 Å². The third-order valence-corrected chi connectivity index (χ3v) is 7.01. The van der Waals surface area contributed by atoms with Gasteiger partial charge in [0.15, 0.2) is 18.1 Å². The molecule has 7 heteroatoms. The van der Waals surface area contributed by atoms with Crippen molar-refractivity contribution in [3.05, 3.63) is 88.9 Å². The Labute approximate surface area is 223 Å². The summed E-state index contributed by atoms with van der Waals surface area (Å²) in [6.07, 6.45) is 3.29. The van der Waals surface area contributed by atoms with Gasteiger partial charge in [0, 0.05) is 24.3 Å². The van der Waals surface area contributed by atoms with E-state index in [2.05, 4.69) is 40.5 Å². The minimum absolute atomic E-state index is 0.187. The quantitative estimate of drug-likeness (QED) is 0.330. The van der Waals surface area contributed by atoms with Crippen molar-refractivity contribution in [1.29, 1.82) is 0 Å². The van der Waals surface area contributed by atoms with Crippen LogP contribution in [0, 0.1) is 5.92 Å². The van der Waals surface area contributed by atoms with Gasteiger partial charge in [-0.05, 0) is 61.9 Å². The maximum Gasteiger partial charge on any atom is 0.262 e. The molecule has 4 rings (SSSR count). The Hall–Kier alpha value is -3.09. The van der Waals surface area contributed by atoms with Gasteiger partial charge in [-0.15, -0.1) is 0 Å². The summed E-state index contributed by atoms with van der Waals surface area (Å²) in [6.45, 7) is 3.96. The topological polar surface area (TPSA) is 50.8 Å². The van der Waals surface area contributed by atoms with Gasteiger partial charge in [0.1, 0.15) is 4.99 Å². The molecule has 1 heterocycles. The first-order valence-electron chi connectivity index (χ1n) is 12.3. The number of likely N-dealkylation sites (tertiary alicyclic amines) is 1. The van der Waals surface area contributed by atoms with Crippen molar-refractivity contribution in [1.82, 2.24) is 4.90 Å². The highest BCUT2D eigenvalue weighted by atomic mass is 35.5. The van der Waals surface area contributed by atoms with E-state index in [-0.39, 0.29) is 12.5 Å². The summed E-state index contributed by atoms with van der Waals surface area (Å²) in [5.41, 5.74) is 2.91. The number of nitrogens with zero attached hydrogens (tertiary/aromatic N) is 1. The summed E-state index contributed by atoms with van der Waals surface area (Å²) in [6, 6.07) is 23.5. The van der Waals surface area contributed by atoms with Gasteiger partial charge in [-0.25, -0.2) is 0 Å². The number of rotatable bonds is 9. The van der Waals surface area contributed by atoms with Crippen molar-refractivity contribution < 1.29 is 14.3 Å². The zero-order valence-electron chi connectivity index (χ0n) is 20.4. The lowest BCUT2D eigenvalue weighted by atomic mass is 9.90. The molecule has 0 aliphatic carbocycles. The number of para-hydroxylation sites is 1. The standard InChI is InChI=1S/C29H31ClN2O3S/c1-2-34-26-19-23(18-25(30)28(26)35-20-27(33)31-24-11-7-4-8-12-24)29(36)32-15-13-22(14-16-32)17-21-9-5-3-6-10-21/h3-12,18-19,22H,2,13-17,20H2,1H3,(H,31,33). The third-order valence-electron chi connectivity index (χ3n) is 6.23. The average molecular weight is 523 g/mol. The Morgan fingerprint density at radius 1 is 1.03 bits per heavy atom. The first-order chi connectivity index (χ1) is 17.5. The fraction of sp³-hybridized carbons (Fsp3) is 0.310. The molecule has 188 valence electrons. The Kier molecular flexibility index (Phi) is 9.20. The van der Waals surface area contributed by atoms with Crippen LogP contribution in [0.25, 0.3) is 0 Å². The minimum Gasteiger partial charge on any atom is -0.490 e. The molecular formula is C29H31ClN2O3S. The third kappa shape index (κ3) is 6.99. The highest BCUT2D eigenvalue weighted by Gasteiger charge is 2.24. The van der Waals surface area contributed by atoms with Crippen LogP contribution in [0.1, 0.15) is 30.9 Å². The number of carbonyl (C=O) groups is 1. The van der Waals surface area contributed by atoms with E-state index in [1.54, 1.807) is 6.07 Å². The van der Waals surface area contributed by atoms with Crippen LogP contribution in [0.15, 0.2) is 72.8 Å². The molecule has 0 unspecified atom stereocenters. The number of ether oxygens (including phenoxy) is 2. The van der Waals surface area contributed by atoms with Gasteiger partial charge in [0.05, 0.1) is 11.6 Å². The molecule has 0 aromatic heterocycles. The molecule has 36 heavy (non-hydrogen) atoms. The zero-order valence-corrected chi connectivity index (χ0v) is 22.0. The molecule has 1 amide bonds. The monoisotopic (exact) mass is 522 g/mol. The van der Waals surface area contributed by atoms with Crippen molar-refractivity contribution in [2.24, 2.45) is 5.92 Å². The number of halogens is 1. The van der Waals surface area contributed by atoms with Gasteiger partial charge < -0.3 is 19.7 Å². The fourth-order valence-corrected chi connectivity index (χ4v) is 4.99. The lowest BCUT2D eigenvalue weighted by Crippen LogP contribution is -2.38. The van der Waals surface area contributed by atoms with E-state index in [0.29, 0.717) is 34.7 Å². The molecule has 5 nitrogen and oxygen atoms in total. The highest BCUT2D eigenvalue weighted by Crippen LogP contribution is 2.37. The normalized spacial score (nSPS) is 13.8. The molecule has 0 atom stereocenters. The van der Waals surface area contributed by atoms with Gasteiger partial charge in [0.25, 0.3) is 5.91 Å². The summed E-state index contributed by atoms with van der Waals surface area (Å²) in [5.74, 6) is 1.20. The second kappa shape index (κ2) is 12.7. The van der Waals surface area contributed by atoms with E-state index >= 15 is 0 Å². The maximum atomic E-state index is 12.3. The first-order valence-corrected chi connectivity index (χ1v) is 13.1. The number of nitrogens with one attached hydrogen (secondary N) is 1. The molecule has 1 saturated heterocycles. The van der Waals surface area contributed by atoms with Gasteiger partial charge in [-0.1, -0.05) is 72.3 Å². The Morgan fingerprint density at radius 3 is 2.36 bits per heavy atom. The second-order valence-corrected chi connectivity index (χ2v) is 9.64. The van der Waals surface area contributed by atoms with Crippen molar-refractivity contribution >= 4 is 40.4 Å². The summed E-state index contributed by atoms with van der Waals surface area (Å²) in [7, 11) is 0. The molecular weight excluding hydrogens is 492 g/mol. The van der Waals surface area contributed by atoms with Gasteiger partial charge >= 0.3 is 0 Å². The van der Waals surface area contributed by atoms with Crippen LogP contribution in [0.3, 0.4) is 0 Å². The molecule has 1 aliphatic rings. The number of hydrogen-bond acceptors (Lipinski definition) is 4. The van der Waals surface area contributed by atoms with Crippen molar-refractivity contribution in [3.63, 3.8) is 0 Å². The average Bonchev–Trinajstić information content (AvgIpc) is 2.89. The number of anilines is 1. The largest absolute Gasteiger partial charge is 0.490 e. The van der Waals surface area contributed by atoms with E-state index in [9.17, 15) is 4.79 Å². The van der Waals surface area contributed by atoms with Crippen molar-refractivity contribution in [2.75, 3.05) is 31.6 Å².